The van der Waals surface area contributed by atoms with Gasteiger partial charge in [0.1, 0.15) is 0 Å². The predicted octanol–water partition coefficient (Wildman–Crippen LogP) is 2.87. The fourth-order valence-electron chi connectivity index (χ4n) is 1.51. The van der Waals surface area contributed by atoms with Gasteiger partial charge in [-0.25, -0.2) is 0 Å². The zero-order valence-electron chi connectivity index (χ0n) is 7.96. The number of anilines is 1. The molecule has 0 unspecified atom stereocenters. The van der Waals surface area contributed by atoms with Crippen LogP contribution in [0.2, 0.25) is 0 Å². The van der Waals surface area contributed by atoms with E-state index in [0.29, 0.717) is 5.92 Å². The normalized spacial score (nSPS) is 11.3. The Kier molecular flexibility index (Phi) is 1.76. The van der Waals surface area contributed by atoms with E-state index in [2.05, 4.69) is 31.0 Å². The molecule has 0 amide bonds. The van der Waals surface area contributed by atoms with E-state index in [1.165, 1.54) is 5.69 Å². The first kappa shape index (κ1) is 8.17. The van der Waals surface area contributed by atoms with E-state index in [-0.39, 0.29) is 0 Å². The number of aromatic nitrogens is 1. The van der Waals surface area contributed by atoms with Crippen molar-refractivity contribution in [2.24, 2.45) is 0 Å². The van der Waals surface area contributed by atoms with E-state index in [0.717, 1.165) is 16.6 Å². The quantitative estimate of drug-likeness (QED) is 0.641. The summed E-state index contributed by atoms with van der Waals surface area (Å²) in [4.78, 5) is 3.36. The summed E-state index contributed by atoms with van der Waals surface area (Å²) < 4.78 is 0. The summed E-state index contributed by atoms with van der Waals surface area (Å²) in [5.41, 5.74) is 9.07. The molecule has 1 heterocycles. The van der Waals surface area contributed by atoms with E-state index < -0.39 is 0 Å². The summed E-state index contributed by atoms with van der Waals surface area (Å²) in [7, 11) is 0. The molecule has 2 aromatic rings. The molecule has 2 rings (SSSR count). The molecule has 3 N–H and O–H groups in total. The second kappa shape index (κ2) is 2.80. The summed E-state index contributed by atoms with van der Waals surface area (Å²) in [6.07, 6.45) is 0. The lowest BCUT2D eigenvalue weighted by Crippen LogP contribution is -1.84. The molecule has 13 heavy (non-hydrogen) atoms. The molecule has 0 aliphatic heterocycles. The van der Waals surface area contributed by atoms with Crippen molar-refractivity contribution in [3.05, 3.63) is 30.0 Å². The van der Waals surface area contributed by atoms with E-state index in [9.17, 15) is 0 Å². The van der Waals surface area contributed by atoms with Crippen molar-refractivity contribution >= 4 is 16.6 Å². The topological polar surface area (TPSA) is 41.8 Å². The molecule has 0 saturated heterocycles. The van der Waals surface area contributed by atoms with Crippen molar-refractivity contribution in [3.8, 4) is 0 Å². The zero-order chi connectivity index (χ0) is 9.42. The summed E-state index contributed by atoms with van der Waals surface area (Å²) in [6, 6.07) is 8.09. The number of hydrogen-bond acceptors (Lipinski definition) is 1. The van der Waals surface area contributed by atoms with Gasteiger partial charge < -0.3 is 10.7 Å². The maximum absolute atomic E-state index is 5.85. The average Bonchev–Trinajstić information content (AvgIpc) is 2.49. The maximum atomic E-state index is 5.85. The lowest BCUT2D eigenvalue weighted by Gasteiger charge is -1.97. The Morgan fingerprint density at radius 1 is 1.31 bits per heavy atom. The fraction of sp³-hybridized carbons (Fsp3) is 0.273. The van der Waals surface area contributed by atoms with Crippen LogP contribution < -0.4 is 5.73 Å². The highest BCUT2D eigenvalue weighted by molar-refractivity contribution is 5.91. The highest BCUT2D eigenvalue weighted by Gasteiger charge is 2.05. The van der Waals surface area contributed by atoms with Crippen molar-refractivity contribution in [3.63, 3.8) is 0 Å². The monoisotopic (exact) mass is 174 g/mol. The van der Waals surface area contributed by atoms with Crippen LogP contribution >= 0.6 is 0 Å². The van der Waals surface area contributed by atoms with Crippen LogP contribution in [0.4, 0.5) is 5.69 Å². The molecule has 0 radical (unpaired) electrons. The minimum absolute atomic E-state index is 0.520. The van der Waals surface area contributed by atoms with Gasteiger partial charge in [-0.05, 0) is 24.1 Å². The third kappa shape index (κ3) is 1.28. The second-order valence-corrected chi connectivity index (χ2v) is 3.69. The largest absolute Gasteiger partial charge is 0.398 e. The van der Waals surface area contributed by atoms with Crippen molar-refractivity contribution in [2.45, 2.75) is 19.8 Å². The number of fused-ring (bicyclic) bond motifs is 1. The minimum Gasteiger partial charge on any atom is -0.398 e. The van der Waals surface area contributed by atoms with Gasteiger partial charge in [0, 0.05) is 22.3 Å². The van der Waals surface area contributed by atoms with Gasteiger partial charge in [0.2, 0.25) is 0 Å². The molecule has 0 saturated carbocycles. The van der Waals surface area contributed by atoms with Crippen LogP contribution in [0.1, 0.15) is 25.5 Å². The first-order valence-corrected chi connectivity index (χ1v) is 4.55. The molecule has 0 spiro atoms. The van der Waals surface area contributed by atoms with Crippen LogP contribution in [0.15, 0.2) is 24.3 Å². The van der Waals surface area contributed by atoms with Crippen LogP contribution in [0.5, 0.6) is 0 Å². The Labute approximate surface area is 77.8 Å². The van der Waals surface area contributed by atoms with Gasteiger partial charge in [0.05, 0.1) is 0 Å². The molecule has 0 fully saturated rings. The third-order valence-corrected chi connectivity index (χ3v) is 2.34. The Bertz CT molecular complexity index is 427. The molecule has 1 aromatic heterocycles. The summed E-state index contributed by atoms with van der Waals surface area (Å²) in [5.74, 6) is 0.520. The number of nitrogens with two attached hydrogens (primary N) is 1. The molecular weight excluding hydrogens is 160 g/mol. The predicted molar refractivity (Wildman–Crippen MR) is 56.8 cm³/mol. The van der Waals surface area contributed by atoms with Crippen molar-refractivity contribution in [1.29, 1.82) is 0 Å². The first-order valence-electron chi connectivity index (χ1n) is 4.55. The molecule has 2 heteroatoms. The Morgan fingerprint density at radius 2 is 2.08 bits per heavy atom. The molecule has 2 nitrogen and oxygen atoms in total. The van der Waals surface area contributed by atoms with Gasteiger partial charge in [-0.2, -0.15) is 0 Å². The highest BCUT2D eigenvalue weighted by Crippen LogP contribution is 2.24. The van der Waals surface area contributed by atoms with E-state index >= 15 is 0 Å². The number of rotatable bonds is 1. The fourth-order valence-corrected chi connectivity index (χ4v) is 1.51. The number of nitrogens with one attached hydrogen (secondary N) is 1. The first-order chi connectivity index (χ1) is 6.18. The van der Waals surface area contributed by atoms with Crippen molar-refractivity contribution in [2.75, 3.05) is 5.73 Å². The van der Waals surface area contributed by atoms with Gasteiger partial charge in [0.25, 0.3) is 0 Å². The van der Waals surface area contributed by atoms with E-state index in [1.54, 1.807) is 0 Å². The Hall–Kier alpha value is -1.44. The maximum Gasteiger partial charge on any atom is 0.0477 e. The zero-order valence-corrected chi connectivity index (χ0v) is 7.96. The van der Waals surface area contributed by atoms with Crippen molar-refractivity contribution < 1.29 is 0 Å². The van der Waals surface area contributed by atoms with Gasteiger partial charge in [-0.15, -0.1) is 0 Å². The van der Waals surface area contributed by atoms with Gasteiger partial charge in [0.15, 0.2) is 0 Å². The van der Waals surface area contributed by atoms with Crippen LogP contribution in [0.25, 0.3) is 10.9 Å². The second-order valence-electron chi connectivity index (χ2n) is 3.69. The molecule has 1 aromatic carbocycles. The SMILES string of the molecule is CC(C)c1cc2c(N)cccc2[nH]1. The number of H-pyrrole nitrogens is 1. The summed E-state index contributed by atoms with van der Waals surface area (Å²) in [6.45, 7) is 4.34. The van der Waals surface area contributed by atoms with Crippen molar-refractivity contribution in [1.82, 2.24) is 4.98 Å². The van der Waals surface area contributed by atoms with Crippen LogP contribution in [0.3, 0.4) is 0 Å². The average molecular weight is 174 g/mol. The standard InChI is InChI=1S/C11H14N2/c1-7(2)11-6-8-9(12)4-3-5-10(8)13-11/h3-7,13H,12H2,1-2H3. The lowest BCUT2D eigenvalue weighted by molar-refractivity contribution is 0.836. The Morgan fingerprint density at radius 3 is 2.69 bits per heavy atom. The summed E-state index contributed by atoms with van der Waals surface area (Å²) in [5, 5.41) is 1.13. The van der Waals surface area contributed by atoms with Crippen LogP contribution in [0, 0.1) is 0 Å². The number of hydrogen-bond donors (Lipinski definition) is 2. The Balaban J connectivity index is 2.68. The van der Waals surface area contributed by atoms with E-state index in [1.807, 2.05) is 12.1 Å². The molecule has 0 aliphatic rings. The molecule has 0 atom stereocenters. The molecule has 68 valence electrons. The molecule has 0 aliphatic carbocycles. The number of aromatic amines is 1. The smallest absolute Gasteiger partial charge is 0.0477 e. The van der Waals surface area contributed by atoms with Gasteiger partial charge in [-0.3, -0.25) is 0 Å². The number of benzene rings is 1. The lowest BCUT2D eigenvalue weighted by atomic mass is 10.1. The van der Waals surface area contributed by atoms with Gasteiger partial charge in [-0.1, -0.05) is 19.9 Å². The highest BCUT2D eigenvalue weighted by atomic mass is 14.7. The van der Waals surface area contributed by atoms with Crippen LogP contribution in [-0.2, 0) is 0 Å². The number of nitrogen functional groups attached to an aromatic ring is 1. The third-order valence-electron chi connectivity index (χ3n) is 2.34. The summed E-state index contributed by atoms with van der Waals surface area (Å²) >= 11 is 0. The van der Waals surface area contributed by atoms with E-state index in [4.69, 9.17) is 5.73 Å². The minimum atomic E-state index is 0.520. The van der Waals surface area contributed by atoms with Gasteiger partial charge >= 0.3 is 0 Å². The molecule has 0 bridgehead atoms. The van der Waals surface area contributed by atoms with Crippen LogP contribution in [-0.4, -0.2) is 4.98 Å². The molecular formula is C11H14N2.